The fourth-order valence-electron chi connectivity index (χ4n) is 14.6. The summed E-state index contributed by atoms with van der Waals surface area (Å²) in [5.41, 5.74) is 29.9. The maximum Gasteiger partial charge on any atom is 0.406 e. The number of anilines is 6. The summed E-state index contributed by atoms with van der Waals surface area (Å²) < 4.78 is 0. The van der Waals surface area contributed by atoms with E-state index in [1.54, 1.807) is 0 Å². The molecule has 6 N–H and O–H groups in total. The van der Waals surface area contributed by atoms with Crippen molar-refractivity contribution >= 4 is 137 Å². The minimum atomic E-state index is -0.597. The molecule has 9 aromatic carbocycles. The molecule has 0 unspecified atom stereocenters. The van der Waals surface area contributed by atoms with Crippen molar-refractivity contribution in [1.29, 1.82) is 0 Å². The quantitative estimate of drug-likeness (QED) is 0.0810. The van der Waals surface area contributed by atoms with Crippen LogP contribution in [0.3, 0.4) is 0 Å². The summed E-state index contributed by atoms with van der Waals surface area (Å²) in [5.74, 6) is 0. The van der Waals surface area contributed by atoms with E-state index in [2.05, 4.69) is 240 Å². The van der Waals surface area contributed by atoms with E-state index in [1.807, 2.05) is 0 Å². The summed E-state index contributed by atoms with van der Waals surface area (Å²) in [5, 5.41) is 31.7. The Bertz CT molecular complexity index is 3720. The Morgan fingerprint density at radius 1 is 0.273 bits per heavy atom. The molecule has 0 atom stereocenters. The number of hydrogen-bond donors (Lipinski definition) is 6. The van der Waals surface area contributed by atoms with Crippen molar-refractivity contribution in [2.75, 3.05) is 31.4 Å². The zero-order valence-electron chi connectivity index (χ0n) is 44.6. The third-order valence-corrected chi connectivity index (χ3v) is 18.1. The van der Waals surface area contributed by atoms with Crippen LogP contribution in [0, 0.1) is 0 Å². The van der Waals surface area contributed by atoms with E-state index in [0.29, 0.717) is 0 Å². The Morgan fingerprint density at radius 2 is 0.455 bits per heavy atom. The summed E-state index contributed by atoms with van der Waals surface area (Å²) in [6.07, 6.45) is 0. The Labute approximate surface area is 452 Å². The highest BCUT2D eigenvalue weighted by Gasteiger charge is 2.71. The van der Waals surface area contributed by atoms with Crippen LogP contribution < -0.4 is 47.8 Å². The molecule has 0 aromatic heterocycles. The predicted octanol–water partition coefficient (Wildman–Crippen LogP) is 14.4. The van der Waals surface area contributed by atoms with Crippen LogP contribution in [0.5, 0.6) is 0 Å². The van der Waals surface area contributed by atoms with Crippen LogP contribution in [-0.2, 0) is 10.8 Å². The summed E-state index contributed by atoms with van der Waals surface area (Å²) >= 11 is 0. The van der Waals surface area contributed by atoms with Crippen LogP contribution >= 0.6 is 0 Å². The van der Waals surface area contributed by atoms with Gasteiger partial charge in [0.05, 0.1) is 10.8 Å². The molecule has 368 valence electrons. The molecule has 0 bridgehead atoms. The van der Waals surface area contributed by atoms with Crippen LogP contribution in [0.1, 0.15) is 108 Å². The monoisotopic (exact) mass is 990 g/mol. The number of allylic oxidation sites excluding steroid dienone is 6. The van der Waals surface area contributed by atoms with E-state index < -0.39 is 10.8 Å². The van der Waals surface area contributed by atoms with Crippen molar-refractivity contribution in [3.05, 3.63) is 234 Å². The second-order valence-corrected chi connectivity index (χ2v) is 23.1. The minimum absolute atomic E-state index is 0.163. The minimum Gasteiger partial charge on any atom is -0.405 e. The topological polar surface area (TPSA) is 72.2 Å². The van der Waals surface area contributed by atoms with Crippen molar-refractivity contribution in [1.82, 2.24) is 0 Å². The van der Waals surface area contributed by atoms with Gasteiger partial charge in [0.15, 0.2) is 0 Å². The van der Waals surface area contributed by atoms with Crippen LogP contribution in [0.2, 0.25) is 0 Å². The van der Waals surface area contributed by atoms with Crippen molar-refractivity contribution in [3.8, 4) is 0 Å². The third-order valence-electron chi connectivity index (χ3n) is 18.1. The lowest BCUT2D eigenvalue weighted by atomic mass is 9.59. The Kier molecular flexibility index (Phi) is 9.13. The zero-order chi connectivity index (χ0) is 52.9. The first-order valence-corrected chi connectivity index (χ1v) is 26.9. The molecule has 3 aliphatic carbocycles. The Balaban J connectivity index is 0.941. The second kappa shape index (κ2) is 15.4. The van der Waals surface area contributed by atoms with Gasteiger partial charge in [-0.3, -0.25) is 0 Å². The van der Waals surface area contributed by atoms with E-state index in [4.69, 9.17) is 0 Å². The van der Waals surface area contributed by atoms with Crippen molar-refractivity contribution < 1.29 is 0 Å². The fourth-order valence-corrected chi connectivity index (χ4v) is 14.6. The summed E-state index contributed by atoms with van der Waals surface area (Å²) in [4.78, 5) is 0. The first kappa shape index (κ1) is 45.6. The molecule has 0 saturated carbocycles. The average Bonchev–Trinajstić information content (AvgIpc) is 3.56. The lowest BCUT2D eigenvalue weighted by molar-refractivity contribution is 0.492. The average molecular weight is 991 g/mol. The number of rotatable bonds is 9. The molecular weight excluding hydrogens is 933 g/mol. The molecule has 0 spiro atoms. The van der Waals surface area contributed by atoms with Crippen LogP contribution in [0.4, 0.5) is 34.1 Å². The van der Waals surface area contributed by atoms with Gasteiger partial charge >= 0.3 is 20.9 Å². The first-order chi connectivity index (χ1) is 37.1. The number of hydrogen-bond acceptors (Lipinski definition) is 6. The Hall–Kier alpha value is -8.81. The first-order valence-electron chi connectivity index (χ1n) is 26.9. The highest BCUT2D eigenvalue weighted by molar-refractivity contribution is 6.81. The number of nitrogens with one attached hydrogen (secondary N) is 6. The van der Waals surface area contributed by atoms with Crippen molar-refractivity contribution in [2.24, 2.45) is 0 Å². The van der Waals surface area contributed by atoms with Gasteiger partial charge in [-0.2, -0.15) is 0 Å². The SMILES string of the molecule is C=C(C)c1cc(B2Nc3ccc4c5c(ccc(c35)N2)C23c5ccc6c7c(ccc(c57)C42c2ccc4c5c(ccc3c25)NB(c2cc(C(=C)C)cc(C(=C)C)c2)N4)NB(c2cc(C(=C)C)cc(C(=C)C)c2)N6)cc(C(=C)C)c1. The highest BCUT2D eigenvalue weighted by Crippen LogP contribution is 2.77. The van der Waals surface area contributed by atoms with Crippen LogP contribution in [0.25, 0.3) is 65.8 Å². The highest BCUT2D eigenvalue weighted by atomic mass is 15.0. The van der Waals surface area contributed by atoms with Gasteiger partial charge in [0.1, 0.15) is 0 Å². The molecule has 15 rings (SSSR count). The molecule has 0 amide bonds. The van der Waals surface area contributed by atoms with Crippen LogP contribution in [-0.4, -0.2) is 20.9 Å². The standard InChI is InChI=1S/C68H57B3N6/c1-34(2)40-25-41(35(3)4)29-46(28-40)69-72-55-19-13-49-61-50(14-20-56(73-69)64(55)61)68-52-16-22-58-65-57(74-70(75-58)47-30-42(36(5)6)26-43(31-47)37(7)8)21-15-51(62(52)65)67(49,68)53-17-23-59-66-60(24-18-54(68)63(53)66)77-71(76-59)48-32-44(38(9)10)27-45(33-48)39(11)12/h13-33,72-77H,1,3,5,7,9,11H2,2,4,6,8,10,12H3. The second-order valence-electron chi connectivity index (χ2n) is 23.1. The van der Waals surface area contributed by atoms with Gasteiger partial charge in [0, 0.05) is 50.3 Å². The van der Waals surface area contributed by atoms with E-state index in [9.17, 15) is 0 Å². The van der Waals surface area contributed by atoms with E-state index in [1.165, 1.54) is 65.7 Å². The molecule has 9 aromatic rings. The molecule has 77 heavy (non-hydrogen) atoms. The summed E-state index contributed by atoms with van der Waals surface area (Å²) in [7, 11) is 0. The molecule has 3 heterocycles. The third kappa shape index (κ3) is 5.78. The van der Waals surface area contributed by atoms with E-state index in [-0.39, 0.29) is 20.9 Å². The molecule has 0 radical (unpaired) electrons. The molecule has 0 saturated heterocycles. The lowest BCUT2D eigenvalue weighted by Gasteiger charge is -2.40. The Morgan fingerprint density at radius 3 is 0.623 bits per heavy atom. The smallest absolute Gasteiger partial charge is 0.405 e. The molecule has 6 nitrogen and oxygen atoms in total. The number of benzene rings is 9. The molecule has 0 fully saturated rings. The van der Waals surface area contributed by atoms with Crippen LogP contribution in [0.15, 0.2) is 167 Å². The van der Waals surface area contributed by atoms with Gasteiger partial charge in [0.25, 0.3) is 0 Å². The molecule has 6 aliphatic rings. The lowest BCUT2D eigenvalue weighted by Crippen LogP contribution is -2.48. The molecule has 3 aliphatic heterocycles. The predicted molar refractivity (Wildman–Crippen MR) is 337 cm³/mol. The van der Waals surface area contributed by atoms with E-state index in [0.717, 1.165) is 117 Å². The summed E-state index contributed by atoms with van der Waals surface area (Å²) in [6.45, 7) is 37.9. The van der Waals surface area contributed by atoms with Gasteiger partial charge in [-0.25, -0.2) is 0 Å². The largest absolute Gasteiger partial charge is 0.406 e. The van der Waals surface area contributed by atoms with Gasteiger partial charge in [-0.15, -0.1) is 0 Å². The van der Waals surface area contributed by atoms with Gasteiger partial charge in [-0.1, -0.05) is 146 Å². The molecule has 9 heteroatoms. The summed E-state index contributed by atoms with van der Waals surface area (Å²) in [6, 6.07) is 49.1. The zero-order valence-corrected chi connectivity index (χ0v) is 44.6. The molecular formula is C68H57B3N6. The maximum atomic E-state index is 4.32. The fraction of sp³-hybridized carbons (Fsp3) is 0.118. The van der Waals surface area contributed by atoms with Gasteiger partial charge < -0.3 is 31.4 Å². The van der Waals surface area contributed by atoms with Crippen molar-refractivity contribution in [3.63, 3.8) is 0 Å². The van der Waals surface area contributed by atoms with Gasteiger partial charge in [-0.05, 0) is 195 Å². The van der Waals surface area contributed by atoms with Gasteiger partial charge in [0.2, 0.25) is 0 Å². The van der Waals surface area contributed by atoms with Crippen molar-refractivity contribution in [2.45, 2.75) is 52.4 Å². The van der Waals surface area contributed by atoms with E-state index >= 15 is 0 Å². The maximum absolute atomic E-state index is 4.32. The normalized spacial score (nSPS) is 17.9.